The fourth-order valence-corrected chi connectivity index (χ4v) is 3.01. The van der Waals surface area contributed by atoms with Crippen LogP contribution in [0.4, 0.5) is 4.79 Å². The summed E-state index contributed by atoms with van der Waals surface area (Å²) in [5.74, 6) is -0.816. The summed E-state index contributed by atoms with van der Waals surface area (Å²) in [4.78, 5) is 36.7. The van der Waals surface area contributed by atoms with Gasteiger partial charge in [0.1, 0.15) is 6.61 Å². The third-order valence-corrected chi connectivity index (χ3v) is 4.19. The molecule has 2 aromatic rings. The van der Waals surface area contributed by atoms with Gasteiger partial charge in [-0.2, -0.15) is 0 Å². The van der Waals surface area contributed by atoms with Crippen LogP contribution < -0.4 is 5.73 Å². The van der Waals surface area contributed by atoms with Crippen molar-refractivity contribution in [3.05, 3.63) is 45.9 Å². The van der Waals surface area contributed by atoms with Gasteiger partial charge in [0, 0.05) is 21.0 Å². The molecule has 0 saturated heterocycles. The zero-order valence-corrected chi connectivity index (χ0v) is 12.9. The van der Waals surface area contributed by atoms with E-state index in [9.17, 15) is 14.4 Å². The zero-order chi connectivity index (χ0) is 15.9. The van der Waals surface area contributed by atoms with Crippen LogP contribution in [-0.2, 0) is 4.74 Å². The van der Waals surface area contributed by atoms with Gasteiger partial charge in [0.2, 0.25) is 0 Å². The number of rotatable bonds is 3. The first-order valence-corrected chi connectivity index (χ1v) is 7.29. The van der Waals surface area contributed by atoms with Gasteiger partial charge >= 0.3 is 6.09 Å². The van der Waals surface area contributed by atoms with Gasteiger partial charge in [-0.25, -0.2) is 4.79 Å². The SMILES string of the molecule is NC(=O)OCCN1C(=O)c2cccc3c(Br)ccc(c23)C1=O. The Morgan fingerprint density at radius 1 is 1.14 bits per heavy atom. The maximum Gasteiger partial charge on any atom is 0.404 e. The minimum Gasteiger partial charge on any atom is -0.448 e. The molecule has 0 radical (unpaired) electrons. The van der Waals surface area contributed by atoms with Crippen LogP contribution in [0.5, 0.6) is 0 Å². The lowest BCUT2D eigenvalue weighted by Gasteiger charge is -2.27. The lowest BCUT2D eigenvalue weighted by molar-refractivity contribution is 0.0566. The first kappa shape index (κ1) is 14.5. The van der Waals surface area contributed by atoms with Crippen LogP contribution in [0.3, 0.4) is 0 Å². The topological polar surface area (TPSA) is 89.7 Å². The molecule has 0 atom stereocenters. The van der Waals surface area contributed by atoms with E-state index in [4.69, 9.17) is 5.73 Å². The lowest BCUT2D eigenvalue weighted by atomic mass is 9.94. The van der Waals surface area contributed by atoms with E-state index in [-0.39, 0.29) is 13.2 Å². The molecule has 0 aromatic heterocycles. The Kier molecular flexibility index (Phi) is 3.58. The predicted molar refractivity (Wildman–Crippen MR) is 82.6 cm³/mol. The van der Waals surface area contributed by atoms with Crippen molar-refractivity contribution < 1.29 is 19.1 Å². The summed E-state index contributed by atoms with van der Waals surface area (Å²) in [6.07, 6.45) is -0.941. The Morgan fingerprint density at radius 2 is 1.82 bits per heavy atom. The van der Waals surface area contributed by atoms with Crippen LogP contribution in [0.25, 0.3) is 10.8 Å². The summed E-state index contributed by atoms with van der Waals surface area (Å²) in [6, 6.07) is 8.73. The van der Waals surface area contributed by atoms with Crippen LogP contribution in [0.1, 0.15) is 20.7 Å². The second-order valence-corrected chi connectivity index (χ2v) is 5.61. The van der Waals surface area contributed by atoms with E-state index in [1.54, 1.807) is 24.3 Å². The number of ether oxygens (including phenoxy) is 1. The van der Waals surface area contributed by atoms with E-state index < -0.39 is 17.9 Å². The first-order chi connectivity index (χ1) is 10.5. The molecule has 3 amide bonds. The Hall–Kier alpha value is -2.41. The number of primary amides is 1. The van der Waals surface area contributed by atoms with Crippen molar-refractivity contribution in [2.45, 2.75) is 0 Å². The molecule has 7 heteroatoms. The smallest absolute Gasteiger partial charge is 0.404 e. The molecule has 0 saturated carbocycles. The highest BCUT2D eigenvalue weighted by molar-refractivity contribution is 9.10. The highest BCUT2D eigenvalue weighted by atomic mass is 79.9. The first-order valence-electron chi connectivity index (χ1n) is 6.50. The Labute approximate surface area is 133 Å². The molecule has 112 valence electrons. The van der Waals surface area contributed by atoms with Gasteiger partial charge in [-0.15, -0.1) is 0 Å². The summed E-state index contributed by atoms with van der Waals surface area (Å²) in [6.45, 7) is -0.166. The van der Waals surface area contributed by atoms with Crippen LogP contribution >= 0.6 is 15.9 Å². The van der Waals surface area contributed by atoms with Crippen LogP contribution in [0, 0.1) is 0 Å². The maximum absolute atomic E-state index is 12.5. The number of nitrogens with two attached hydrogens (primary N) is 1. The highest BCUT2D eigenvalue weighted by Gasteiger charge is 2.32. The molecule has 3 rings (SSSR count). The quantitative estimate of drug-likeness (QED) is 0.848. The van der Waals surface area contributed by atoms with E-state index in [0.717, 1.165) is 14.8 Å². The summed E-state index contributed by atoms with van der Waals surface area (Å²) in [5.41, 5.74) is 5.78. The second kappa shape index (κ2) is 5.42. The maximum atomic E-state index is 12.5. The number of hydrogen-bond donors (Lipinski definition) is 1. The molecule has 0 spiro atoms. The molecule has 2 N–H and O–H groups in total. The molecule has 0 bridgehead atoms. The van der Waals surface area contributed by atoms with E-state index in [1.165, 1.54) is 0 Å². The minimum absolute atomic E-state index is 0.0352. The van der Waals surface area contributed by atoms with E-state index in [1.807, 2.05) is 6.07 Å². The Bertz CT molecular complexity index is 796. The van der Waals surface area contributed by atoms with Gasteiger partial charge in [0.25, 0.3) is 11.8 Å². The number of halogens is 1. The molecule has 6 nitrogen and oxygen atoms in total. The van der Waals surface area contributed by atoms with E-state index >= 15 is 0 Å². The minimum atomic E-state index is -0.941. The average Bonchev–Trinajstić information content (AvgIpc) is 2.49. The zero-order valence-electron chi connectivity index (χ0n) is 11.3. The highest BCUT2D eigenvalue weighted by Crippen LogP contribution is 2.34. The van der Waals surface area contributed by atoms with Crippen molar-refractivity contribution in [1.82, 2.24) is 4.90 Å². The molecule has 22 heavy (non-hydrogen) atoms. The number of imide groups is 1. The van der Waals surface area contributed by atoms with E-state index in [0.29, 0.717) is 16.5 Å². The van der Waals surface area contributed by atoms with Gasteiger partial charge < -0.3 is 10.5 Å². The standard InChI is InChI=1S/C15H11BrN2O4/c16-11-5-4-10-12-8(11)2-1-3-9(12)13(19)18(14(10)20)6-7-22-15(17)21/h1-5H,6-7H2,(H2,17,21). The van der Waals surface area contributed by atoms with Gasteiger partial charge in [0.15, 0.2) is 0 Å². The third kappa shape index (κ3) is 2.23. The fraction of sp³-hybridized carbons (Fsp3) is 0.133. The molecule has 1 aliphatic heterocycles. The summed E-state index contributed by atoms with van der Waals surface area (Å²) in [7, 11) is 0. The molecule has 2 aromatic carbocycles. The van der Waals surface area contributed by atoms with Crippen molar-refractivity contribution >= 4 is 44.6 Å². The van der Waals surface area contributed by atoms with Crippen molar-refractivity contribution in [1.29, 1.82) is 0 Å². The second-order valence-electron chi connectivity index (χ2n) is 4.75. The van der Waals surface area contributed by atoms with Gasteiger partial charge in [-0.05, 0) is 23.6 Å². The van der Waals surface area contributed by atoms with Crippen LogP contribution in [0.2, 0.25) is 0 Å². The van der Waals surface area contributed by atoms with Gasteiger partial charge in [0.05, 0.1) is 6.54 Å². The monoisotopic (exact) mass is 362 g/mol. The number of benzene rings is 2. The molecule has 1 heterocycles. The normalized spacial score (nSPS) is 13.6. The Balaban J connectivity index is 2.05. The van der Waals surface area contributed by atoms with Crippen molar-refractivity contribution in [3.63, 3.8) is 0 Å². The fourth-order valence-electron chi connectivity index (χ4n) is 2.55. The number of hydrogen-bond acceptors (Lipinski definition) is 4. The largest absolute Gasteiger partial charge is 0.448 e. The lowest BCUT2D eigenvalue weighted by Crippen LogP contribution is -2.42. The molecule has 1 aliphatic rings. The van der Waals surface area contributed by atoms with Gasteiger partial charge in [-0.3, -0.25) is 14.5 Å². The number of nitrogens with zero attached hydrogens (tertiary/aromatic N) is 1. The van der Waals surface area contributed by atoms with Crippen LogP contribution in [0.15, 0.2) is 34.8 Å². The molecule has 0 unspecified atom stereocenters. The number of carbonyl (C=O) groups excluding carboxylic acids is 3. The summed E-state index contributed by atoms with van der Waals surface area (Å²) in [5, 5.41) is 1.45. The summed E-state index contributed by atoms with van der Waals surface area (Å²) >= 11 is 3.42. The summed E-state index contributed by atoms with van der Waals surface area (Å²) < 4.78 is 5.43. The number of amides is 3. The Morgan fingerprint density at radius 3 is 2.50 bits per heavy atom. The van der Waals surface area contributed by atoms with Crippen molar-refractivity contribution in [3.8, 4) is 0 Å². The van der Waals surface area contributed by atoms with Crippen molar-refractivity contribution in [2.75, 3.05) is 13.2 Å². The molecular weight excluding hydrogens is 352 g/mol. The molecular formula is C15H11BrN2O4. The average molecular weight is 363 g/mol. The van der Waals surface area contributed by atoms with Crippen molar-refractivity contribution in [2.24, 2.45) is 5.73 Å². The molecule has 0 aliphatic carbocycles. The van der Waals surface area contributed by atoms with E-state index in [2.05, 4.69) is 20.7 Å². The predicted octanol–water partition coefficient (Wildman–Crippen LogP) is 2.29. The van der Waals surface area contributed by atoms with Crippen LogP contribution in [-0.4, -0.2) is 36.0 Å². The van der Waals surface area contributed by atoms with Gasteiger partial charge in [-0.1, -0.05) is 28.1 Å². The number of carbonyl (C=O) groups is 3. The molecule has 0 fully saturated rings. The third-order valence-electron chi connectivity index (χ3n) is 3.50.